The van der Waals surface area contributed by atoms with Gasteiger partial charge in [0.25, 0.3) is 0 Å². The molecule has 2 amide bonds. The van der Waals surface area contributed by atoms with E-state index in [9.17, 15) is 14.4 Å². The smallest absolute Gasteiger partial charge is 0.410 e. The second-order valence-electron chi connectivity index (χ2n) is 6.78. The minimum atomic E-state index is -0.714. The van der Waals surface area contributed by atoms with Crippen LogP contribution in [0.3, 0.4) is 0 Å². The Morgan fingerprint density at radius 2 is 1.78 bits per heavy atom. The minimum Gasteiger partial charge on any atom is -0.469 e. The Hall–Kier alpha value is -2.09. The first kappa shape index (κ1) is 19.7. The van der Waals surface area contributed by atoms with Crippen LogP contribution in [-0.4, -0.2) is 61.6 Å². The fourth-order valence-corrected chi connectivity index (χ4v) is 4.22. The van der Waals surface area contributed by atoms with E-state index in [2.05, 4.69) is 15.9 Å². The Morgan fingerprint density at radius 3 is 2.41 bits per heavy atom. The molecule has 0 radical (unpaired) electrons. The van der Waals surface area contributed by atoms with Gasteiger partial charge in [-0.3, -0.25) is 14.5 Å². The van der Waals surface area contributed by atoms with Crippen molar-refractivity contribution in [2.75, 3.05) is 33.9 Å². The zero-order valence-corrected chi connectivity index (χ0v) is 17.0. The fourth-order valence-electron chi connectivity index (χ4n) is 3.84. The number of hydrogen-bond donors (Lipinski definition) is 0. The maximum atomic E-state index is 13.3. The summed E-state index contributed by atoms with van der Waals surface area (Å²) in [5, 5.41) is 0. The molecular formula is C19H23BrN2O5. The van der Waals surface area contributed by atoms with E-state index < -0.39 is 12.1 Å². The highest BCUT2D eigenvalue weighted by Crippen LogP contribution is 2.34. The molecule has 1 fully saturated rings. The molecule has 2 heterocycles. The van der Waals surface area contributed by atoms with E-state index in [0.717, 1.165) is 15.6 Å². The van der Waals surface area contributed by atoms with E-state index in [1.54, 1.807) is 4.90 Å². The van der Waals surface area contributed by atoms with Crippen LogP contribution >= 0.6 is 15.9 Å². The zero-order chi connectivity index (χ0) is 19.6. The topological polar surface area (TPSA) is 76.2 Å². The van der Waals surface area contributed by atoms with Crippen LogP contribution in [0.15, 0.2) is 22.7 Å². The molecule has 8 heteroatoms. The summed E-state index contributed by atoms with van der Waals surface area (Å²) in [5.41, 5.74) is 1.88. The van der Waals surface area contributed by atoms with Crippen LogP contribution in [-0.2, 0) is 25.5 Å². The van der Waals surface area contributed by atoms with Gasteiger partial charge in [0.05, 0.1) is 20.1 Å². The molecule has 0 aromatic heterocycles. The van der Waals surface area contributed by atoms with Crippen molar-refractivity contribution in [3.8, 4) is 0 Å². The van der Waals surface area contributed by atoms with Gasteiger partial charge in [-0.1, -0.05) is 22.0 Å². The molecule has 0 N–H and O–H groups in total. The lowest BCUT2D eigenvalue weighted by molar-refractivity contribution is -0.149. The minimum absolute atomic E-state index is 0.136. The molecule has 0 aliphatic carbocycles. The van der Waals surface area contributed by atoms with Crippen LogP contribution in [0.4, 0.5) is 4.79 Å². The molecule has 146 valence electrons. The molecule has 1 aromatic rings. The van der Waals surface area contributed by atoms with Crippen molar-refractivity contribution in [3.63, 3.8) is 0 Å². The summed E-state index contributed by atoms with van der Waals surface area (Å²) >= 11 is 3.46. The van der Waals surface area contributed by atoms with Crippen LogP contribution in [0.5, 0.6) is 0 Å². The molecule has 0 bridgehead atoms. The number of nitrogens with zero attached hydrogens (tertiary/aromatic N) is 2. The molecule has 2 aliphatic rings. The van der Waals surface area contributed by atoms with Crippen molar-refractivity contribution >= 4 is 33.9 Å². The average molecular weight is 439 g/mol. The van der Waals surface area contributed by atoms with Crippen LogP contribution < -0.4 is 0 Å². The van der Waals surface area contributed by atoms with Crippen molar-refractivity contribution in [2.24, 2.45) is 5.92 Å². The number of fused-ring (bicyclic) bond motifs is 1. The van der Waals surface area contributed by atoms with Gasteiger partial charge >= 0.3 is 12.1 Å². The normalized spacial score (nSPS) is 20.0. The number of halogens is 1. The third-order valence-corrected chi connectivity index (χ3v) is 5.81. The van der Waals surface area contributed by atoms with Crippen LogP contribution in [0.25, 0.3) is 0 Å². The van der Waals surface area contributed by atoms with E-state index in [1.807, 2.05) is 18.2 Å². The molecule has 1 atom stereocenters. The third kappa shape index (κ3) is 3.95. The molecule has 0 unspecified atom stereocenters. The SMILES string of the molecule is COC(=O)C1CCN(C(=O)[C@@H]2c3cc(Br)ccc3CCN2C(=O)OC)CC1. The Kier molecular flexibility index (Phi) is 6.04. The third-order valence-electron chi connectivity index (χ3n) is 5.32. The molecule has 27 heavy (non-hydrogen) atoms. The van der Waals surface area contributed by atoms with E-state index in [-0.39, 0.29) is 17.8 Å². The second-order valence-corrected chi connectivity index (χ2v) is 7.70. The van der Waals surface area contributed by atoms with Crippen molar-refractivity contribution in [1.29, 1.82) is 0 Å². The number of benzene rings is 1. The van der Waals surface area contributed by atoms with Crippen LogP contribution in [0.2, 0.25) is 0 Å². The monoisotopic (exact) mass is 438 g/mol. The quantitative estimate of drug-likeness (QED) is 0.663. The fraction of sp³-hybridized carbons (Fsp3) is 0.526. The lowest BCUT2D eigenvalue weighted by atomic mass is 9.90. The predicted octanol–water partition coefficient (Wildman–Crippen LogP) is 2.53. The number of hydrogen-bond acceptors (Lipinski definition) is 5. The second kappa shape index (κ2) is 8.29. The number of carbonyl (C=O) groups excluding carboxylic acids is 3. The Labute approximate surface area is 166 Å². The van der Waals surface area contributed by atoms with Crippen molar-refractivity contribution < 1.29 is 23.9 Å². The number of ether oxygens (including phenoxy) is 2. The number of carbonyl (C=O) groups is 3. The van der Waals surface area contributed by atoms with Crippen molar-refractivity contribution in [3.05, 3.63) is 33.8 Å². The molecule has 0 spiro atoms. The standard InChI is InChI=1S/C19H23BrN2O5/c1-26-18(24)13-5-8-21(9-6-13)17(23)16-15-11-14(20)4-3-12(15)7-10-22(16)19(25)27-2/h3-4,11,13,16H,5-10H2,1-2H3/t16-/m0/s1. The van der Waals surface area contributed by atoms with Gasteiger partial charge < -0.3 is 14.4 Å². The van der Waals surface area contributed by atoms with Gasteiger partial charge in [-0.25, -0.2) is 4.79 Å². The molecule has 3 rings (SSSR count). The maximum Gasteiger partial charge on any atom is 0.410 e. The highest BCUT2D eigenvalue weighted by molar-refractivity contribution is 9.10. The highest BCUT2D eigenvalue weighted by atomic mass is 79.9. The van der Waals surface area contributed by atoms with Gasteiger partial charge in [-0.2, -0.15) is 0 Å². The number of methoxy groups -OCH3 is 2. The maximum absolute atomic E-state index is 13.3. The molecule has 0 saturated carbocycles. The molecule has 1 saturated heterocycles. The summed E-state index contributed by atoms with van der Waals surface area (Å²) in [6.45, 7) is 1.36. The number of rotatable bonds is 2. The number of piperidine rings is 1. The summed E-state index contributed by atoms with van der Waals surface area (Å²) in [6, 6.07) is 5.11. The van der Waals surface area contributed by atoms with Gasteiger partial charge in [0.15, 0.2) is 0 Å². The summed E-state index contributed by atoms with van der Waals surface area (Å²) in [7, 11) is 2.70. The Bertz CT molecular complexity index is 746. The van der Waals surface area contributed by atoms with E-state index in [1.165, 1.54) is 19.1 Å². The Morgan fingerprint density at radius 1 is 1.07 bits per heavy atom. The Balaban J connectivity index is 1.85. The van der Waals surface area contributed by atoms with Crippen molar-refractivity contribution in [1.82, 2.24) is 9.80 Å². The van der Waals surface area contributed by atoms with Gasteiger partial charge in [-0.05, 0) is 42.5 Å². The zero-order valence-electron chi connectivity index (χ0n) is 15.4. The summed E-state index contributed by atoms with van der Waals surface area (Å²) < 4.78 is 10.6. The van der Waals surface area contributed by atoms with Gasteiger partial charge in [0, 0.05) is 24.1 Å². The van der Waals surface area contributed by atoms with E-state index in [0.29, 0.717) is 38.9 Å². The van der Waals surface area contributed by atoms with Gasteiger partial charge in [0.1, 0.15) is 6.04 Å². The predicted molar refractivity (Wildman–Crippen MR) is 101 cm³/mol. The number of likely N-dealkylation sites (tertiary alicyclic amines) is 1. The average Bonchev–Trinajstić information content (AvgIpc) is 2.71. The molecular weight excluding hydrogens is 416 g/mol. The van der Waals surface area contributed by atoms with E-state index in [4.69, 9.17) is 9.47 Å². The summed E-state index contributed by atoms with van der Waals surface area (Å²) in [6.07, 6.45) is 1.29. The highest BCUT2D eigenvalue weighted by Gasteiger charge is 2.40. The number of amides is 2. The number of esters is 1. The molecule has 2 aliphatic heterocycles. The van der Waals surface area contributed by atoms with Crippen LogP contribution in [0.1, 0.15) is 30.0 Å². The van der Waals surface area contributed by atoms with Crippen LogP contribution in [0, 0.1) is 5.92 Å². The van der Waals surface area contributed by atoms with Crippen molar-refractivity contribution in [2.45, 2.75) is 25.3 Å². The first-order chi connectivity index (χ1) is 13.0. The lowest BCUT2D eigenvalue weighted by Gasteiger charge is -2.40. The lowest BCUT2D eigenvalue weighted by Crippen LogP contribution is -2.50. The molecule has 7 nitrogen and oxygen atoms in total. The summed E-state index contributed by atoms with van der Waals surface area (Å²) in [5.74, 6) is -0.545. The molecule has 1 aromatic carbocycles. The first-order valence-electron chi connectivity index (χ1n) is 8.95. The first-order valence-corrected chi connectivity index (χ1v) is 9.75. The van der Waals surface area contributed by atoms with E-state index >= 15 is 0 Å². The van der Waals surface area contributed by atoms with Gasteiger partial charge in [-0.15, -0.1) is 0 Å². The summed E-state index contributed by atoms with van der Waals surface area (Å²) in [4.78, 5) is 40.6. The van der Waals surface area contributed by atoms with Gasteiger partial charge in [0.2, 0.25) is 5.91 Å². The largest absolute Gasteiger partial charge is 0.469 e.